The van der Waals surface area contributed by atoms with Gasteiger partial charge in [0.1, 0.15) is 23.8 Å². The Labute approximate surface area is 104 Å². The van der Waals surface area contributed by atoms with Gasteiger partial charge in [-0.1, -0.05) is 11.6 Å². The molecule has 0 aromatic heterocycles. The van der Waals surface area contributed by atoms with Gasteiger partial charge < -0.3 is 14.6 Å². The lowest BCUT2D eigenvalue weighted by Crippen LogP contribution is -2.55. The monoisotopic (exact) mass is 260 g/mol. The van der Waals surface area contributed by atoms with Crippen LogP contribution in [0.4, 0.5) is 4.39 Å². The Balaban J connectivity index is 2.01. The molecule has 0 bridgehead atoms. The third-order valence-corrected chi connectivity index (χ3v) is 3.05. The lowest BCUT2D eigenvalue weighted by Gasteiger charge is -2.40. The molecule has 0 aliphatic heterocycles. The van der Waals surface area contributed by atoms with Crippen LogP contribution in [-0.4, -0.2) is 30.0 Å². The van der Waals surface area contributed by atoms with Gasteiger partial charge in [-0.3, -0.25) is 0 Å². The predicted molar refractivity (Wildman–Crippen MR) is 61.9 cm³/mol. The van der Waals surface area contributed by atoms with Crippen LogP contribution in [0.5, 0.6) is 5.75 Å². The molecular formula is C12H14ClFO3. The van der Waals surface area contributed by atoms with Gasteiger partial charge in [0, 0.05) is 13.0 Å². The summed E-state index contributed by atoms with van der Waals surface area (Å²) in [5, 5.41) is 9.73. The Hall–Kier alpha value is -0.840. The number of halogens is 2. The van der Waals surface area contributed by atoms with Crippen molar-refractivity contribution >= 4 is 11.6 Å². The molecule has 0 spiro atoms. The van der Waals surface area contributed by atoms with Crippen LogP contribution in [0.1, 0.15) is 13.3 Å². The maximum absolute atomic E-state index is 12.8. The molecule has 0 amide bonds. The molecule has 0 radical (unpaired) electrons. The summed E-state index contributed by atoms with van der Waals surface area (Å²) in [5.74, 6) is 0.00650. The van der Waals surface area contributed by atoms with Crippen molar-refractivity contribution < 1.29 is 19.0 Å². The minimum Gasteiger partial charge on any atom is -0.486 e. The molecule has 0 saturated heterocycles. The summed E-state index contributed by atoms with van der Waals surface area (Å²) in [6.45, 7) is 2.37. The van der Waals surface area contributed by atoms with Gasteiger partial charge in [-0.05, 0) is 25.1 Å². The van der Waals surface area contributed by atoms with E-state index in [9.17, 15) is 9.50 Å². The first-order valence-electron chi connectivity index (χ1n) is 5.53. The number of rotatable bonds is 4. The average molecular weight is 261 g/mol. The minimum absolute atomic E-state index is 0.224. The molecule has 3 nitrogen and oxygen atoms in total. The van der Waals surface area contributed by atoms with Crippen LogP contribution < -0.4 is 4.74 Å². The molecule has 1 saturated carbocycles. The summed E-state index contributed by atoms with van der Waals surface area (Å²) in [5.41, 5.74) is 0. The second kappa shape index (κ2) is 5.21. The first kappa shape index (κ1) is 12.6. The van der Waals surface area contributed by atoms with Gasteiger partial charge in [-0.15, -0.1) is 0 Å². The minimum atomic E-state index is -0.501. The molecule has 2 rings (SSSR count). The van der Waals surface area contributed by atoms with E-state index < -0.39 is 11.9 Å². The van der Waals surface area contributed by atoms with Crippen molar-refractivity contribution in [1.82, 2.24) is 0 Å². The van der Waals surface area contributed by atoms with Crippen LogP contribution in [0.15, 0.2) is 18.2 Å². The van der Waals surface area contributed by atoms with Crippen molar-refractivity contribution in [2.24, 2.45) is 0 Å². The molecule has 5 heteroatoms. The molecule has 1 aromatic carbocycles. The fourth-order valence-corrected chi connectivity index (χ4v) is 2.03. The third kappa shape index (κ3) is 2.70. The number of aliphatic hydroxyl groups excluding tert-OH is 1. The summed E-state index contributed by atoms with van der Waals surface area (Å²) >= 11 is 5.85. The van der Waals surface area contributed by atoms with Crippen LogP contribution in [-0.2, 0) is 4.74 Å². The zero-order valence-corrected chi connectivity index (χ0v) is 10.2. The Kier molecular flexibility index (Phi) is 3.86. The first-order chi connectivity index (χ1) is 8.11. The number of hydrogen-bond donors (Lipinski definition) is 1. The zero-order chi connectivity index (χ0) is 12.4. The molecule has 3 unspecified atom stereocenters. The van der Waals surface area contributed by atoms with Gasteiger partial charge in [0.25, 0.3) is 0 Å². The van der Waals surface area contributed by atoms with Gasteiger partial charge in [0.2, 0.25) is 0 Å². The molecular weight excluding hydrogens is 247 g/mol. The van der Waals surface area contributed by atoms with Crippen LogP contribution in [0.25, 0.3) is 0 Å². The third-order valence-electron chi connectivity index (χ3n) is 2.75. The Morgan fingerprint density at radius 2 is 2.29 bits per heavy atom. The Morgan fingerprint density at radius 3 is 2.88 bits per heavy atom. The topological polar surface area (TPSA) is 38.7 Å². The number of benzene rings is 1. The van der Waals surface area contributed by atoms with E-state index in [1.165, 1.54) is 18.2 Å². The van der Waals surface area contributed by atoms with E-state index in [1.54, 1.807) is 0 Å². The predicted octanol–water partition coefficient (Wildman–Crippen LogP) is 2.40. The highest BCUT2D eigenvalue weighted by Crippen LogP contribution is 2.32. The van der Waals surface area contributed by atoms with Crippen molar-refractivity contribution in [2.75, 3.05) is 6.61 Å². The molecule has 1 fully saturated rings. The second-order valence-electron chi connectivity index (χ2n) is 3.95. The molecule has 94 valence electrons. The quantitative estimate of drug-likeness (QED) is 0.904. The standard InChI is InChI=1S/C12H14ClFO3/c1-2-16-12-9(15)6-11(12)17-10-4-3-7(14)5-8(10)13/h3-5,9,11-12,15H,2,6H2,1H3. The number of ether oxygens (including phenoxy) is 2. The molecule has 3 atom stereocenters. The largest absolute Gasteiger partial charge is 0.486 e. The second-order valence-corrected chi connectivity index (χ2v) is 4.36. The fraction of sp³-hybridized carbons (Fsp3) is 0.500. The van der Waals surface area contributed by atoms with E-state index in [1.807, 2.05) is 6.92 Å². The lowest BCUT2D eigenvalue weighted by atomic mass is 9.88. The Bertz CT molecular complexity index is 399. The van der Waals surface area contributed by atoms with Crippen LogP contribution in [0, 0.1) is 5.82 Å². The van der Waals surface area contributed by atoms with Gasteiger partial charge in [-0.2, -0.15) is 0 Å². The van der Waals surface area contributed by atoms with Gasteiger partial charge >= 0.3 is 0 Å². The van der Waals surface area contributed by atoms with Crippen molar-refractivity contribution in [2.45, 2.75) is 31.7 Å². The summed E-state index contributed by atoms with van der Waals surface area (Å²) in [7, 11) is 0. The van der Waals surface area contributed by atoms with E-state index in [-0.39, 0.29) is 17.2 Å². The van der Waals surface area contributed by atoms with Crippen molar-refractivity contribution in [3.63, 3.8) is 0 Å². The van der Waals surface area contributed by atoms with E-state index in [0.29, 0.717) is 18.8 Å². The maximum Gasteiger partial charge on any atom is 0.138 e. The van der Waals surface area contributed by atoms with E-state index >= 15 is 0 Å². The molecule has 1 aromatic rings. The van der Waals surface area contributed by atoms with Crippen molar-refractivity contribution in [3.8, 4) is 5.75 Å². The summed E-state index contributed by atoms with van der Waals surface area (Å²) < 4.78 is 23.8. The van der Waals surface area contributed by atoms with Gasteiger partial charge in [0.05, 0.1) is 11.1 Å². The highest BCUT2D eigenvalue weighted by Gasteiger charge is 2.42. The molecule has 1 N–H and O–H groups in total. The summed E-state index contributed by atoms with van der Waals surface area (Å²) in [6, 6.07) is 3.96. The lowest BCUT2D eigenvalue weighted by molar-refractivity contribution is -0.160. The van der Waals surface area contributed by atoms with Crippen LogP contribution >= 0.6 is 11.6 Å². The first-order valence-corrected chi connectivity index (χ1v) is 5.91. The molecule has 1 aliphatic carbocycles. The number of aliphatic hydroxyl groups is 1. The zero-order valence-electron chi connectivity index (χ0n) is 9.40. The fourth-order valence-electron chi connectivity index (χ4n) is 1.82. The summed E-state index contributed by atoms with van der Waals surface area (Å²) in [4.78, 5) is 0. The normalized spacial score (nSPS) is 27.6. The highest BCUT2D eigenvalue weighted by atomic mass is 35.5. The SMILES string of the molecule is CCOC1C(O)CC1Oc1ccc(F)cc1Cl. The van der Waals surface area contributed by atoms with Crippen LogP contribution in [0.2, 0.25) is 5.02 Å². The van der Waals surface area contributed by atoms with Gasteiger partial charge in [0.15, 0.2) is 0 Å². The highest BCUT2D eigenvalue weighted by molar-refractivity contribution is 6.32. The molecule has 17 heavy (non-hydrogen) atoms. The van der Waals surface area contributed by atoms with Crippen molar-refractivity contribution in [1.29, 1.82) is 0 Å². The van der Waals surface area contributed by atoms with Crippen LogP contribution in [0.3, 0.4) is 0 Å². The molecule has 0 heterocycles. The summed E-state index contributed by atoms with van der Waals surface area (Å²) in [6.07, 6.45) is -0.563. The smallest absolute Gasteiger partial charge is 0.138 e. The molecule has 1 aliphatic rings. The average Bonchev–Trinajstić information content (AvgIpc) is 2.28. The number of hydrogen-bond acceptors (Lipinski definition) is 3. The maximum atomic E-state index is 12.8. The van der Waals surface area contributed by atoms with Crippen molar-refractivity contribution in [3.05, 3.63) is 29.0 Å². The van der Waals surface area contributed by atoms with E-state index in [4.69, 9.17) is 21.1 Å². The van der Waals surface area contributed by atoms with E-state index in [0.717, 1.165) is 0 Å². The van der Waals surface area contributed by atoms with Gasteiger partial charge in [-0.25, -0.2) is 4.39 Å². The Morgan fingerprint density at radius 1 is 1.53 bits per heavy atom. The van der Waals surface area contributed by atoms with E-state index in [2.05, 4.69) is 0 Å².